The molecule has 0 aliphatic carbocycles. The van der Waals surface area contributed by atoms with Crippen LogP contribution in [0.15, 0.2) is 72.9 Å². The minimum Gasteiger partial charge on any atom is -0.305 e. The SMILES string of the molecule is O=C(Nc1ccn(Cc2cccc3ccccc23)n1)c1cccc(Cl)c1Cl. The van der Waals surface area contributed by atoms with Crippen LogP contribution in [0.4, 0.5) is 5.82 Å². The number of hydrogen-bond donors (Lipinski definition) is 1. The summed E-state index contributed by atoms with van der Waals surface area (Å²) in [5.74, 6) is 0.106. The molecule has 0 fully saturated rings. The van der Waals surface area contributed by atoms with Gasteiger partial charge in [0.1, 0.15) is 0 Å². The maximum atomic E-state index is 12.4. The molecule has 4 nitrogen and oxygen atoms in total. The van der Waals surface area contributed by atoms with Crippen molar-refractivity contribution in [1.29, 1.82) is 0 Å². The first-order chi connectivity index (χ1) is 13.1. The van der Waals surface area contributed by atoms with Gasteiger partial charge in [-0.15, -0.1) is 0 Å². The molecule has 0 spiro atoms. The van der Waals surface area contributed by atoms with Crippen LogP contribution in [0, 0.1) is 0 Å². The van der Waals surface area contributed by atoms with E-state index < -0.39 is 0 Å². The van der Waals surface area contributed by atoms with E-state index in [1.165, 1.54) is 10.8 Å². The molecule has 0 saturated heterocycles. The lowest BCUT2D eigenvalue weighted by Crippen LogP contribution is -2.13. The number of carbonyl (C=O) groups is 1. The van der Waals surface area contributed by atoms with Crippen molar-refractivity contribution in [3.63, 3.8) is 0 Å². The van der Waals surface area contributed by atoms with E-state index in [1.54, 1.807) is 28.9 Å². The fourth-order valence-electron chi connectivity index (χ4n) is 2.98. The zero-order valence-corrected chi connectivity index (χ0v) is 15.7. The smallest absolute Gasteiger partial charge is 0.258 e. The highest BCUT2D eigenvalue weighted by Crippen LogP contribution is 2.26. The van der Waals surface area contributed by atoms with Crippen molar-refractivity contribution in [3.8, 4) is 0 Å². The molecule has 6 heteroatoms. The fourth-order valence-corrected chi connectivity index (χ4v) is 3.37. The van der Waals surface area contributed by atoms with Crippen molar-refractivity contribution in [3.05, 3.63) is 94.1 Å². The number of amides is 1. The highest BCUT2D eigenvalue weighted by molar-refractivity contribution is 6.44. The predicted molar refractivity (Wildman–Crippen MR) is 110 cm³/mol. The Morgan fingerprint density at radius 2 is 1.74 bits per heavy atom. The second kappa shape index (κ2) is 7.43. The lowest BCUT2D eigenvalue weighted by atomic mass is 10.0. The Morgan fingerprint density at radius 3 is 2.63 bits per heavy atom. The van der Waals surface area contributed by atoms with Gasteiger partial charge in [0.05, 0.1) is 22.2 Å². The second-order valence-corrected chi connectivity index (χ2v) is 6.88. The molecule has 1 N–H and O–H groups in total. The van der Waals surface area contributed by atoms with Gasteiger partial charge in [-0.25, -0.2) is 0 Å². The molecule has 1 heterocycles. The van der Waals surface area contributed by atoms with E-state index in [0.29, 0.717) is 22.9 Å². The third-order valence-electron chi connectivity index (χ3n) is 4.29. The highest BCUT2D eigenvalue weighted by atomic mass is 35.5. The van der Waals surface area contributed by atoms with Crippen LogP contribution < -0.4 is 5.32 Å². The molecular formula is C21H15Cl2N3O. The number of fused-ring (bicyclic) bond motifs is 1. The standard InChI is InChI=1S/C21H15Cl2N3O/c22-18-10-4-9-17(20(18)23)21(27)24-19-11-12-26(25-19)13-15-7-3-6-14-5-1-2-8-16(14)15/h1-12H,13H2,(H,24,25,27). The minimum absolute atomic E-state index is 0.229. The summed E-state index contributed by atoms with van der Waals surface area (Å²) in [7, 11) is 0. The average molecular weight is 396 g/mol. The first-order valence-electron chi connectivity index (χ1n) is 8.37. The summed E-state index contributed by atoms with van der Waals surface area (Å²) in [6, 6.07) is 21.1. The molecule has 0 unspecified atom stereocenters. The molecule has 1 amide bonds. The van der Waals surface area contributed by atoms with Gasteiger partial charge in [0.15, 0.2) is 5.82 Å². The van der Waals surface area contributed by atoms with Crippen LogP contribution in [0.5, 0.6) is 0 Å². The van der Waals surface area contributed by atoms with Crippen LogP contribution in [0.1, 0.15) is 15.9 Å². The molecule has 0 bridgehead atoms. The van der Waals surface area contributed by atoms with Crippen LogP contribution in [0.3, 0.4) is 0 Å². The van der Waals surface area contributed by atoms with Crippen molar-refractivity contribution in [2.75, 3.05) is 5.32 Å². The summed E-state index contributed by atoms with van der Waals surface area (Å²) in [4.78, 5) is 12.4. The number of anilines is 1. The van der Waals surface area contributed by atoms with Crippen molar-refractivity contribution < 1.29 is 4.79 Å². The van der Waals surface area contributed by atoms with Crippen LogP contribution in [0.25, 0.3) is 10.8 Å². The molecular weight excluding hydrogens is 381 g/mol. The van der Waals surface area contributed by atoms with E-state index in [-0.39, 0.29) is 10.9 Å². The van der Waals surface area contributed by atoms with Gasteiger partial charge in [0.2, 0.25) is 0 Å². The summed E-state index contributed by atoms with van der Waals surface area (Å²) in [5.41, 5.74) is 1.47. The van der Waals surface area contributed by atoms with E-state index in [1.807, 2.05) is 24.4 Å². The van der Waals surface area contributed by atoms with E-state index in [2.05, 4.69) is 34.7 Å². The lowest BCUT2D eigenvalue weighted by Gasteiger charge is -2.07. The van der Waals surface area contributed by atoms with Crippen LogP contribution in [0.2, 0.25) is 10.0 Å². The number of hydrogen-bond acceptors (Lipinski definition) is 2. The fraction of sp³-hybridized carbons (Fsp3) is 0.0476. The number of nitrogens with zero attached hydrogens (tertiary/aromatic N) is 2. The van der Waals surface area contributed by atoms with Gasteiger partial charge in [-0.05, 0) is 28.5 Å². The van der Waals surface area contributed by atoms with Crippen molar-refractivity contribution in [2.24, 2.45) is 0 Å². The lowest BCUT2D eigenvalue weighted by molar-refractivity contribution is 0.102. The molecule has 3 aromatic carbocycles. The number of halogens is 2. The van der Waals surface area contributed by atoms with Gasteiger partial charge in [-0.2, -0.15) is 5.10 Å². The normalized spacial score (nSPS) is 10.9. The number of nitrogens with one attached hydrogen (secondary N) is 1. The Kier molecular flexibility index (Phi) is 4.84. The molecule has 134 valence electrons. The quantitative estimate of drug-likeness (QED) is 0.485. The van der Waals surface area contributed by atoms with Gasteiger partial charge in [-0.1, -0.05) is 71.7 Å². The Hall–Kier alpha value is -2.82. The highest BCUT2D eigenvalue weighted by Gasteiger charge is 2.14. The largest absolute Gasteiger partial charge is 0.305 e. The van der Waals surface area contributed by atoms with Gasteiger partial charge in [-0.3, -0.25) is 9.48 Å². The van der Waals surface area contributed by atoms with E-state index in [4.69, 9.17) is 23.2 Å². The molecule has 4 aromatic rings. The first-order valence-corrected chi connectivity index (χ1v) is 9.13. The van der Waals surface area contributed by atoms with Crippen molar-refractivity contribution in [2.45, 2.75) is 6.54 Å². The van der Waals surface area contributed by atoms with E-state index in [0.717, 1.165) is 5.56 Å². The van der Waals surface area contributed by atoms with Gasteiger partial charge in [0.25, 0.3) is 5.91 Å². The van der Waals surface area contributed by atoms with Gasteiger partial charge in [0, 0.05) is 12.3 Å². The molecule has 1 aromatic heterocycles. The first kappa shape index (κ1) is 17.6. The predicted octanol–water partition coefficient (Wildman–Crippen LogP) is 5.64. The topological polar surface area (TPSA) is 46.9 Å². The molecule has 27 heavy (non-hydrogen) atoms. The van der Waals surface area contributed by atoms with Gasteiger partial charge >= 0.3 is 0 Å². The Morgan fingerprint density at radius 1 is 0.963 bits per heavy atom. The van der Waals surface area contributed by atoms with Gasteiger partial charge < -0.3 is 5.32 Å². The van der Waals surface area contributed by atoms with Crippen molar-refractivity contribution >= 4 is 45.7 Å². The molecule has 4 rings (SSSR count). The Bertz CT molecular complexity index is 1130. The average Bonchev–Trinajstić information content (AvgIpc) is 3.11. The molecule has 0 aliphatic heterocycles. The van der Waals surface area contributed by atoms with Crippen LogP contribution >= 0.6 is 23.2 Å². The minimum atomic E-state index is -0.349. The van der Waals surface area contributed by atoms with E-state index >= 15 is 0 Å². The zero-order valence-electron chi connectivity index (χ0n) is 14.2. The summed E-state index contributed by atoms with van der Waals surface area (Å²) in [6.07, 6.45) is 1.83. The number of aromatic nitrogens is 2. The Balaban J connectivity index is 1.53. The molecule has 0 atom stereocenters. The van der Waals surface area contributed by atoms with Crippen molar-refractivity contribution in [1.82, 2.24) is 9.78 Å². The Labute approximate surface area is 166 Å². The number of rotatable bonds is 4. The second-order valence-electron chi connectivity index (χ2n) is 6.09. The summed E-state index contributed by atoms with van der Waals surface area (Å²) < 4.78 is 1.79. The molecule has 0 saturated carbocycles. The third kappa shape index (κ3) is 3.68. The third-order valence-corrected chi connectivity index (χ3v) is 5.11. The molecule has 0 aliphatic rings. The monoisotopic (exact) mass is 395 g/mol. The van der Waals surface area contributed by atoms with E-state index in [9.17, 15) is 4.79 Å². The number of benzene rings is 3. The zero-order chi connectivity index (χ0) is 18.8. The number of carbonyl (C=O) groups excluding carboxylic acids is 1. The maximum absolute atomic E-state index is 12.4. The summed E-state index contributed by atoms with van der Waals surface area (Å²) >= 11 is 12.1. The van der Waals surface area contributed by atoms with Crippen LogP contribution in [-0.2, 0) is 6.54 Å². The molecule has 0 radical (unpaired) electrons. The summed E-state index contributed by atoms with van der Waals surface area (Å²) in [6.45, 7) is 0.606. The maximum Gasteiger partial charge on any atom is 0.258 e. The summed E-state index contributed by atoms with van der Waals surface area (Å²) in [5, 5.41) is 10.1. The van der Waals surface area contributed by atoms with Crippen LogP contribution in [-0.4, -0.2) is 15.7 Å².